The lowest BCUT2D eigenvalue weighted by atomic mass is 9.92. The Morgan fingerprint density at radius 2 is 1.69 bits per heavy atom. The molecule has 0 spiro atoms. The highest BCUT2D eigenvalue weighted by atomic mass is 32.2. The molecule has 32 heavy (non-hydrogen) atoms. The summed E-state index contributed by atoms with van der Waals surface area (Å²) in [5.41, 5.74) is 2.43. The molecule has 8 heteroatoms. The number of carbonyl (C=O) groups excluding carboxylic acids is 2. The van der Waals surface area contributed by atoms with Crippen LogP contribution in [0.25, 0.3) is 0 Å². The third-order valence-electron chi connectivity index (χ3n) is 7.22. The highest BCUT2D eigenvalue weighted by Gasteiger charge is 2.36. The van der Waals surface area contributed by atoms with Gasteiger partial charge in [-0.2, -0.15) is 4.31 Å². The Kier molecular flexibility index (Phi) is 7.20. The van der Waals surface area contributed by atoms with Crippen LogP contribution in [0.5, 0.6) is 0 Å². The number of piperidine rings is 2. The molecule has 2 amide bonds. The van der Waals surface area contributed by atoms with E-state index in [0.717, 1.165) is 37.7 Å². The Hall–Kier alpha value is -1.93. The Morgan fingerprint density at radius 3 is 2.41 bits per heavy atom. The van der Waals surface area contributed by atoms with E-state index >= 15 is 0 Å². The molecule has 2 heterocycles. The van der Waals surface area contributed by atoms with Gasteiger partial charge in [-0.25, -0.2) is 8.42 Å². The third kappa shape index (κ3) is 4.86. The number of rotatable bonds is 5. The lowest BCUT2D eigenvalue weighted by Crippen LogP contribution is -2.49. The van der Waals surface area contributed by atoms with Crippen LogP contribution < -0.4 is 5.32 Å². The summed E-state index contributed by atoms with van der Waals surface area (Å²) < 4.78 is 28.0. The zero-order chi connectivity index (χ0) is 22.7. The summed E-state index contributed by atoms with van der Waals surface area (Å²) in [6.07, 6.45) is 6.97. The quantitative estimate of drug-likeness (QED) is 0.729. The van der Waals surface area contributed by atoms with Crippen molar-refractivity contribution >= 4 is 21.8 Å². The van der Waals surface area contributed by atoms with Crippen LogP contribution in [-0.4, -0.2) is 62.2 Å². The van der Waals surface area contributed by atoms with Crippen molar-refractivity contribution < 1.29 is 18.0 Å². The first-order chi connectivity index (χ1) is 15.4. The first-order valence-corrected chi connectivity index (χ1v) is 13.5. The maximum absolute atomic E-state index is 13.2. The summed E-state index contributed by atoms with van der Waals surface area (Å²) in [7, 11) is -3.54. The van der Waals surface area contributed by atoms with Crippen LogP contribution >= 0.6 is 0 Å². The minimum absolute atomic E-state index is 0.0240. The van der Waals surface area contributed by atoms with Gasteiger partial charge in [0.2, 0.25) is 21.8 Å². The van der Waals surface area contributed by atoms with Gasteiger partial charge in [0.05, 0.1) is 10.8 Å². The van der Waals surface area contributed by atoms with E-state index in [0.29, 0.717) is 50.5 Å². The molecule has 3 aliphatic rings. The number of likely N-dealkylation sites (tertiary alicyclic amines) is 1. The monoisotopic (exact) mass is 461 g/mol. The summed E-state index contributed by atoms with van der Waals surface area (Å²) in [6, 6.07) is 5.57. The highest BCUT2D eigenvalue weighted by molar-refractivity contribution is 7.89. The van der Waals surface area contributed by atoms with E-state index in [1.165, 1.54) is 16.3 Å². The molecule has 7 nitrogen and oxygen atoms in total. The average Bonchev–Trinajstić information content (AvgIpc) is 2.83. The SMILES string of the molecule is CCNC(=O)C1CCCN(C(=O)C2CCN(S(=O)(=O)c3ccc4c(c3)CCCC4)CC2)C1. The van der Waals surface area contributed by atoms with E-state index in [1.54, 1.807) is 6.07 Å². The Bertz CT molecular complexity index is 954. The first kappa shape index (κ1) is 23.2. The summed E-state index contributed by atoms with van der Waals surface area (Å²) in [6.45, 7) is 4.38. The molecule has 0 saturated carbocycles. The lowest BCUT2D eigenvalue weighted by Gasteiger charge is -2.37. The summed E-state index contributed by atoms with van der Waals surface area (Å²) in [5.74, 6) is -0.212. The molecule has 2 saturated heterocycles. The van der Waals surface area contributed by atoms with Crippen LogP contribution in [0, 0.1) is 11.8 Å². The van der Waals surface area contributed by atoms with Gasteiger partial charge in [0.25, 0.3) is 0 Å². The average molecular weight is 462 g/mol. The molecular weight excluding hydrogens is 426 g/mol. The van der Waals surface area contributed by atoms with Crippen LogP contribution in [0.1, 0.15) is 56.6 Å². The largest absolute Gasteiger partial charge is 0.356 e. The van der Waals surface area contributed by atoms with Gasteiger partial charge in [0.1, 0.15) is 0 Å². The normalized spacial score (nSPS) is 22.9. The molecule has 1 aromatic rings. The number of nitrogens with zero attached hydrogens (tertiary/aromatic N) is 2. The molecule has 2 fully saturated rings. The zero-order valence-electron chi connectivity index (χ0n) is 19.0. The molecule has 1 atom stereocenters. The topological polar surface area (TPSA) is 86.8 Å². The zero-order valence-corrected chi connectivity index (χ0v) is 19.8. The number of hydrogen-bond donors (Lipinski definition) is 1. The number of aryl methyl sites for hydroxylation is 2. The van der Waals surface area contributed by atoms with Crippen LogP contribution in [0.4, 0.5) is 0 Å². The molecule has 1 unspecified atom stereocenters. The lowest BCUT2D eigenvalue weighted by molar-refractivity contribution is -0.140. The predicted molar refractivity (Wildman–Crippen MR) is 123 cm³/mol. The molecule has 176 valence electrons. The fourth-order valence-corrected chi connectivity index (χ4v) is 6.85. The molecule has 4 rings (SSSR count). The molecule has 0 bridgehead atoms. The molecular formula is C24H35N3O4S. The summed E-state index contributed by atoms with van der Waals surface area (Å²) >= 11 is 0. The fraction of sp³-hybridized carbons (Fsp3) is 0.667. The van der Waals surface area contributed by atoms with Gasteiger partial charge in [-0.3, -0.25) is 9.59 Å². The van der Waals surface area contributed by atoms with Crippen LogP contribution in [0.2, 0.25) is 0 Å². The van der Waals surface area contributed by atoms with E-state index in [-0.39, 0.29) is 23.7 Å². The van der Waals surface area contributed by atoms with Crippen molar-refractivity contribution in [3.8, 4) is 0 Å². The maximum atomic E-state index is 13.2. The smallest absolute Gasteiger partial charge is 0.243 e. The van der Waals surface area contributed by atoms with E-state index in [1.807, 2.05) is 24.0 Å². The van der Waals surface area contributed by atoms with E-state index in [9.17, 15) is 18.0 Å². The van der Waals surface area contributed by atoms with Crippen molar-refractivity contribution in [2.75, 3.05) is 32.7 Å². The molecule has 1 aromatic carbocycles. The van der Waals surface area contributed by atoms with Crippen molar-refractivity contribution in [2.45, 2.75) is 63.2 Å². The van der Waals surface area contributed by atoms with E-state index in [4.69, 9.17) is 0 Å². The molecule has 0 radical (unpaired) electrons. The van der Waals surface area contributed by atoms with Crippen molar-refractivity contribution in [3.63, 3.8) is 0 Å². The number of nitrogens with one attached hydrogen (secondary N) is 1. The highest BCUT2D eigenvalue weighted by Crippen LogP contribution is 2.29. The van der Waals surface area contributed by atoms with Gasteiger partial charge in [-0.05, 0) is 81.5 Å². The first-order valence-electron chi connectivity index (χ1n) is 12.1. The minimum Gasteiger partial charge on any atom is -0.356 e. The standard InChI is InChI=1S/C24H35N3O4S/c1-2-25-23(28)21-8-5-13-26(17-21)24(29)19-11-14-27(15-12-19)32(30,31)22-10-9-18-6-3-4-7-20(18)16-22/h9-10,16,19,21H,2-8,11-15,17H2,1H3,(H,25,28). The second-order valence-corrected chi connectivity index (χ2v) is 11.3. The van der Waals surface area contributed by atoms with Gasteiger partial charge < -0.3 is 10.2 Å². The second kappa shape index (κ2) is 9.91. The third-order valence-corrected chi connectivity index (χ3v) is 9.11. The number of hydrogen-bond acceptors (Lipinski definition) is 4. The Morgan fingerprint density at radius 1 is 0.969 bits per heavy atom. The Labute approximate surface area is 191 Å². The van der Waals surface area contributed by atoms with Crippen molar-refractivity contribution in [2.24, 2.45) is 11.8 Å². The van der Waals surface area contributed by atoms with Crippen molar-refractivity contribution in [1.29, 1.82) is 0 Å². The number of carbonyl (C=O) groups is 2. The van der Waals surface area contributed by atoms with Gasteiger partial charge in [-0.15, -0.1) is 0 Å². The van der Waals surface area contributed by atoms with Gasteiger partial charge in [0, 0.05) is 38.6 Å². The Balaban J connectivity index is 1.36. The second-order valence-electron chi connectivity index (χ2n) is 9.33. The number of amides is 2. The molecule has 0 aromatic heterocycles. The molecule has 1 aliphatic carbocycles. The fourth-order valence-electron chi connectivity index (χ4n) is 5.33. The predicted octanol–water partition coefficient (Wildman–Crippen LogP) is 2.34. The van der Waals surface area contributed by atoms with Crippen molar-refractivity contribution in [1.82, 2.24) is 14.5 Å². The number of fused-ring (bicyclic) bond motifs is 1. The molecule has 2 aliphatic heterocycles. The van der Waals surface area contributed by atoms with Gasteiger partial charge in [0.15, 0.2) is 0 Å². The van der Waals surface area contributed by atoms with Crippen LogP contribution in [-0.2, 0) is 32.5 Å². The van der Waals surface area contributed by atoms with Crippen LogP contribution in [0.15, 0.2) is 23.1 Å². The van der Waals surface area contributed by atoms with Gasteiger partial charge >= 0.3 is 0 Å². The number of sulfonamides is 1. The number of benzene rings is 1. The summed E-state index contributed by atoms with van der Waals surface area (Å²) in [4.78, 5) is 27.5. The van der Waals surface area contributed by atoms with Gasteiger partial charge in [-0.1, -0.05) is 6.07 Å². The van der Waals surface area contributed by atoms with E-state index < -0.39 is 10.0 Å². The van der Waals surface area contributed by atoms with E-state index in [2.05, 4.69) is 5.32 Å². The summed E-state index contributed by atoms with van der Waals surface area (Å²) in [5, 5.41) is 2.86. The van der Waals surface area contributed by atoms with Crippen molar-refractivity contribution in [3.05, 3.63) is 29.3 Å². The van der Waals surface area contributed by atoms with Crippen LogP contribution in [0.3, 0.4) is 0 Å². The minimum atomic E-state index is -3.54. The maximum Gasteiger partial charge on any atom is 0.243 e. The molecule has 1 N–H and O–H groups in total.